The Morgan fingerprint density at radius 3 is 1.11 bits per heavy atom. The third kappa shape index (κ3) is 6.36. The lowest BCUT2D eigenvalue weighted by Crippen LogP contribution is -2.34. The number of nitrogens with zero attached hydrogens (tertiary/aromatic N) is 6. The van der Waals surface area contributed by atoms with Gasteiger partial charge in [-0.3, -0.25) is 9.80 Å². The Labute approximate surface area is 164 Å². The summed E-state index contributed by atoms with van der Waals surface area (Å²) in [5.74, 6) is 1.38. The zero-order valence-electron chi connectivity index (χ0n) is 16.1. The van der Waals surface area contributed by atoms with E-state index >= 15 is 0 Å². The van der Waals surface area contributed by atoms with Gasteiger partial charge in [-0.2, -0.15) is 0 Å². The Morgan fingerprint density at radius 1 is 0.571 bits per heavy atom. The summed E-state index contributed by atoms with van der Waals surface area (Å²) in [5, 5.41) is 17.1. The van der Waals surface area contributed by atoms with E-state index in [-0.39, 0.29) is 0 Å². The fraction of sp³-hybridized carbons (Fsp3) is 0.889. The first kappa shape index (κ1) is 18.7. The van der Waals surface area contributed by atoms with Crippen molar-refractivity contribution in [2.75, 3.05) is 65.7 Å². The highest BCUT2D eigenvalue weighted by Gasteiger charge is 2.31. The molecule has 28 heavy (non-hydrogen) atoms. The minimum atomic E-state index is 0.378. The average molecular weight is 392 g/mol. The average Bonchev–Trinajstić information content (AvgIpc) is 3.55. The van der Waals surface area contributed by atoms with Crippen LogP contribution in [-0.2, 0) is 31.8 Å². The van der Waals surface area contributed by atoms with Gasteiger partial charge in [-0.15, -0.1) is 20.4 Å². The van der Waals surface area contributed by atoms with E-state index in [9.17, 15) is 0 Å². The number of ether oxygens (including phenoxy) is 4. The smallest absolute Gasteiger partial charge is 0.174 e. The van der Waals surface area contributed by atoms with Crippen molar-refractivity contribution in [1.29, 1.82) is 0 Å². The molecule has 4 saturated heterocycles. The van der Waals surface area contributed by atoms with Crippen molar-refractivity contribution >= 4 is 0 Å². The molecule has 0 aliphatic carbocycles. The van der Waals surface area contributed by atoms with E-state index in [0.717, 1.165) is 78.5 Å². The van der Waals surface area contributed by atoms with Gasteiger partial charge in [-0.25, -0.2) is 0 Å². The lowest BCUT2D eigenvalue weighted by molar-refractivity contribution is 0.219. The molecule has 4 fully saturated rings. The highest BCUT2D eigenvalue weighted by molar-refractivity contribution is 4.88. The largest absolute Gasteiger partial charge is 0.372 e. The Kier molecular flexibility index (Phi) is 5.75. The molecule has 1 aromatic heterocycles. The predicted octanol–water partition coefficient (Wildman–Crippen LogP) is -1.45. The normalized spacial score (nSPS) is 30.1. The Balaban J connectivity index is 1.06. The number of epoxide rings is 4. The summed E-state index contributed by atoms with van der Waals surface area (Å²) >= 11 is 0. The molecule has 0 bridgehead atoms. The van der Waals surface area contributed by atoms with Crippen LogP contribution in [0.3, 0.4) is 0 Å². The van der Waals surface area contributed by atoms with Crippen LogP contribution in [0.25, 0.3) is 0 Å². The van der Waals surface area contributed by atoms with Gasteiger partial charge < -0.3 is 18.9 Å². The van der Waals surface area contributed by atoms with Crippen LogP contribution >= 0.6 is 0 Å². The second kappa shape index (κ2) is 8.60. The van der Waals surface area contributed by atoms with Gasteiger partial charge >= 0.3 is 0 Å². The summed E-state index contributed by atoms with van der Waals surface area (Å²) < 4.78 is 21.4. The maximum atomic E-state index is 5.35. The van der Waals surface area contributed by atoms with Gasteiger partial charge in [0.05, 0.1) is 50.8 Å². The molecule has 0 aromatic carbocycles. The first-order valence-corrected chi connectivity index (χ1v) is 10.3. The Morgan fingerprint density at radius 2 is 0.857 bits per heavy atom. The van der Waals surface area contributed by atoms with Crippen molar-refractivity contribution in [2.24, 2.45) is 0 Å². The van der Waals surface area contributed by atoms with Gasteiger partial charge in [0.2, 0.25) is 0 Å². The van der Waals surface area contributed by atoms with E-state index in [1.807, 2.05) is 0 Å². The lowest BCUT2D eigenvalue weighted by Gasteiger charge is -2.20. The van der Waals surface area contributed by atoms with Crippen LogP contribution < -0.4 is 0 Å². The van der Waals surface area contributed by atoms with Crippen molar-refractivity contribution < 1.29 is 18.9 Å². The number of aromatic nitrogens is 4. The summed E-state index contributed by atoms with van der Waals surface area (Å²) in [7, 11) is 0. The zero-order valence-corrected chi connectivity index (χ0v) is 16.1. The number of hydrogen-bond donors (Lipinski definition) is 0. The monoisotopic (exact) mass is 392 g/mol. The summed E-state index contributed by atoms with van der Waals surface area (Å²) in [6.07, 6.45) is 2.99. The molecule has 0 radical (unpaired) electrons. The Bertz CT molecular complexity index is 550. The SMILES string of the molecule is C(CN(CC1CO1)CC1CO1)c1nnc(CCN(CC2CO2)CC2CO2)nn1. The molecule has 10 nitrogen and oxygen atoms in total. The molecule has 10 heteroatoms. The molecule has 4 unspecified atom stereocenters. The maximum Gasteiger partial charge on any atom is 0.174 e. The van der Waals surface area contributed by atoms with Gasteiger partial charge in [-0.1, -0.05) is 0 Å². The molecule has 0 spiro atoms. The molecule has 154 valence electrons. The topological polar surface area (TPSA) is 108 Å². The van der Waals surface area contributed by atoms with E-state index in [1.165, 1.54) is 0 Å². The van der Waals surface area contributed by atoms with Crippen molar-refractivity contribution in [3.05, 3.63) is 11.6 Å². The van der Waals surface area contributed by atoms with E-state index < -0.39 is 0 Å². The standard InChI is InChI=1S/C18H28N6O4/c1(3-23(5-13-9-25-13)6-14-10-26-14)17-19-21-18(22-20-17)2-4-24(7-15-11-27-15)8-16-12-28-16/h13-16H,1-12H2. The summed E-state index contributed by atoms with van der Waals surface area (Å²) in [6.45, 7) is 9.01. The molecular formula is C18H28N6O4. The summed E-state index contributed by atoms with van der Waals surface area (Å²) in [4.78, 5) is 4.73. The number of hydrogen-bond acceptors (Lipinski definition) is 10. The first-order chi connectivity index (χ1) is 13.8. The molecule has 0 saturated carbocycles. The van der Waals surface area contributed by atoms with Crippen LogP contribution in [0, 0.1) is 0 Å². The fourth-order valence-electron chi connectivity index (χ4n) is 3.35. The molecule has 5 rings (SSSR count). The lowest BCUT2D eigenvalue weighted by atomic mass is 10.3. The molecular weight excluding hydrogens is 364 g/mol. The quantitative estimate of drug-likeness (QED) is 0.349. The van der Waals surface area contributed by atoms with Gasteiger partial charge in [0.1, 0.15) is 0 Å². The van der Waals surface area contributed by atoms with Crippen LogP contribution in [-0.4, -0.2) is 120 Å². The van der Waals surface area contributed by atoms with Crippen molar-refractivity contribution in [1.82, 2.24) is 30.2 Å². The van der Waals surface area contributed by atoms with Crippen LogP contribution in [0.2, 0.25) is 0 Å². The molecule has 1 aromatic rings. The molecule has 5 heterocycles. The second-order valence-electron chi connectivity index (χ2n) is 8.07. The van der Waals surface area contributed by atoms with Crippen LogP contribution in [0.4, 0.5) is 0 Å². The van der Waals surface area contributed by atoms with Gasteiger partial charge in [-0.05, 0) is 0 Å². The van der Waals surface area contributed by atoms with Crippen LogP contribution in [0.5, 0.6) is 0 Å². The maximum absolute atomic E-state index is 5.35. The third-order valence-electron chi connectivity index (χ3n) is 5.32. The number of rotatable bonds is 14. The second-order valence-corrected chi connectivity index (χ2v) is 8.07. The Hall–Kier alpha value is -1.30. The van der Waals surface area contributed by atoms with E-state index in [0.29, 0.717) is 36.1 Å². The molecule has 4 atom stereocenters. The highest BCUT2D eigenvalue weighted by Crippen LogP contribution is 2.17. The predicted molar refractivity (Wildman–Crippen MR) is 96.9 cm³/mol. The first-order valence-electron chi connectivity index (χ1n) is 10.3. The van der Waals surface area contributed by atoms with Crippen molar-refractivity contribution in [3.63, 3.8) is 0 Å². The van der Waals surface area contributed by atoms with E-state index in [2.05, 4.69) is 30.2 Å². The molecule has 0 amide bonds. The summed E-state index contributed by atoms with van der Waals surface area (Å²) in [5.41, 5.74) is 0. The van der Waals surface area contributed by atoms with Gasteiger partial charge in [0, 0.05) is 52.1 Å². The van der Waals surface area contributed by atoms with E-state index in [1.54, 1.807) is 0 Å². The minimum absolute atomic E-state index is 0.378. The van der Waals surface area contributed by atoms with Crippen LogP contribution in [0.15, 0.2) is 0 Å². The van der Waals surface area contributed by atoms with Crippen molar-refractivity contribution in [2.45, 2.75) is 37.3 Å². The third-order valence-corrected chi connectivity index (χ3v) is 5.32. The fourth-order valence-corrected chi connectivity index (χ4v) is 3.35. The highest BCUT2D eigenvalue weighted by atomic mass is 16.6. The molecule has 0 N–H and O–H groups in total. The summed E-state index contributed by atoms with van der Waals surface area (Å²) in [6, 6.07) is 0. The molecule has 4 aliphatic heterocycles. The molecule has 4 aliphatic rings. The van der Waals surface area contributed by atoms with E-state index in [4.69, 9.17) is 18.9 Å². The van der Waals surface area contributed by atoms with Crippen LogP contribution in [0.1, 0.15) is 11.6 Å². The van der Waals surface area contributed by atoms with Crippen molar-refractivity contribution in [3.8, 4) is 0 Å². The zero-order chi connectivity index (χ0) is 18.8. The minimum Gasteiger partial charge on any atom is -0.372 e. The van der Waals surface area contributed by atoms with Gasteiger partial charge in [0.25, 0.3) is 0 Å². The van der Waals surface area contributed by atoms with Gasteiger partial charge in [0.15, 0.2) is 11.6 Å².